The Morgan fingerprint density at radius 2 is 0.750 bits per heavy atom. The molecule has 0 amide bonds. The number of allylic oxidation sites excluding steroid dienone is 3. The van der Waals surface area contributed by atoms with E-state index in [2.05, 4.69) is 91.1 Å². The smallest absolute Gasteiger partial charge is 0.0535 e. The Balaban J connectivity index is 5.79. The molecule has 0 radical (unpaired) electrons. The van der Waals surface area contributed by atoms with Crippen molar-refractivity contribution < 1.29 is 0 Å². The third-order valence-electron chi connectivity index (χ3n) is 9.61. The first-order valence-electron chi connectivity index (χ1n) is 17.3. The van der Waals surface area contributed by atoms with Gasteiger partial charge in [0, 0.05) is 0 Å². The van der Waals surface area contributed by atoms with Gasteiger partial charge in [-0.3, -0.25) is 0 Å². The lowest BCUT2D eigenvalue weighted by atomic mass is 10.4. The van der Waals surface area contributed by atoms with Crippen LogP contribution in [0.3, 0.4) is 0 Å². The Bertz CT molecular complexity index is 593. The van der Waals surface area contributed by atoms with Crippen LogP contribution in [0, 0.1) is 0 Å². The van der Waals surface area contributed by atoms with Gasteiger partial charge in [-0.25, -0.2) is 0 Å². The van der Waals surface area contributed by atoms with E-state index in [1.165, 1.54) is 81.2 Å². The minimum absolute atomic E-state index is 0.275. The van der Waals surface area contributed by atoms with Gasteiger partial charge in [-0.15, -0.1) is 27.7 Å². The van der Waals surface area contributed by atoms with Crippen LogP contribution in [0.1, 0.15) is 65.2 Å². The van der Waals surface area contributed by atoms with Crippen molar-refractivity contribution in [1.82, 2.24) is 0 Å². The van der Waals surface area contributed by atoms with Gasteiger partial charge in [-0.05, 0) is 49.5 Å². The molecule has 0 aromatic carbocycles. The van der Waals surface area contributed by atoms with Gasteiger partial charge in [0.25, 0.3) is 0 Å². The summed E-state index contributed by atoms with van der Waals surface area (Å²) in [5.74, 6) is 0. The monoisotopic (exact) mass is 638 g/mol. The summed E-state index contributed by atoms with van der Waals surface area (Å²) in [7, 11) is -4.40. The van der Waals surface area contributed by atoms with Crippen molar-refractivity contribution in [1.29, 1.82) is 0 Å². The molecule has 0 aliphatic rings. The Hall–Kier alpha value is 0.518. The fourth-order valence-corrected chi connectivity index (χ4v) is 22.6. The second-order valence-corrected chi connectivity index (χ2v) is 39.1. The molecule has 0 aromatic rings. The summed E-state index contributed by atoms with van der Waals surface area (Å²) < 4.78 is 0. The second kappa shape index (κ2) is 22.1. The SMILES string of the molecule is C=CC[Si](C)(C)CCC[Si](CCCP(CCCC)CCCC)(CCC[Si](C)(C)CC=C)CCC[Si](C)(C)CC=C. The van der Waals surface area contributed by atoms with E-state index in [-0.39, 0.29) is 7.92 Å². The van der Waals surface area contributed by atoms with Crippen LogP contribution in [0.25, 0.3) is 0 Å². The minimum Gasteiger partial charge on any atom is -0.107 e. The third-order valence-corrected chi connectivity index (χ3v) is 27.4. The fraction of sp³-hybridized carbons (Fsp3) is 0.829. The lowest BCUT2D eigenvalue weighted by molar-refractivity contribution is 0.851. The van der Waals surface area contributed by atoms with Crippen molar-refractivity contribution in [2.24, 2.45) is 0 Å². The first kappa shape index (κ1) is 40.5. The van der Waals surface area contributed by atoms with E-state index >= 15 is 0 Å². The van der Waals surface area contributed by atoms with Crippen LogP contribution in [0.5, 0.6) is 0 Å². The van der Waals surface area contributed by atoms with Gasteiger partial charge in [0.2, 0.25) is 0 Å². The number of hydrogen-bond donors (Lipinski definition) is 0. The Kier molecular flexibility index (Phi) is 22.4. The maximum absolute atomic E-state index is 4.10. The third kappa shape index (κ3) is 20.4. The van der Waals surface area contributed by atoms with Crippen LogP contribution in [-0.2, 0) is 0 Å². The summed E-state index contributed by atoms with van der Waals surface area (Å²) in [6, 6.07) is 14.9. The van der Waals surface area contributed by atoms with Gasteiger partial charge in [0.1, 0.15) is 0 Å². The Labute approximate surface area is 260 Å². The summed E-state index contributed by atoms with van der Waals surface area (Å²) in [6.07, 6.45) is 23.1. The molecule has 0 rings (SSSR count). The molecule has 0 nitrogen and oxygen atoms in total. The lowest BCUT2D eigenvalue weighted by Gasteiger charge is -2.36. The zero-order valence-electron chi connectivity index (χ0n) is 29.1. The van der Waals surface area contributed by atoms with Crippen molar-refractivity contribution in [3.63, 3.8) is 0 Å². The fourth-order valence-electron chi connectivity index (χ4n) is 6.83. The molecule has 0 N–H and O–H groups in total. The van der Waals surface area contributed by atoms with E-state index < -0.39 is 32.3 Å². The van der Waals surface area contributed by atoms with Gasteiger partial charge in [0.15, 0.2) is 0 Å². The molecule has 40 heavy (non-hydrogen) atoms. The quantitative estimate of drug-likeness (QED) is 0.0454. The van der Waals surface area contributed by atoms with Gasteiger partial charge in [0.05, 0.1) is 32.3 Å². The Morgan fingerprint density at radius 1 is 0.450 bits per heavy atom. The van der Waals surface area contributed by atoms with E-state index in [1.54, 1.807) is 49.1 Å². The van der Waals surface area contributed by atoms with Crippen molar-refractivity contribution in [3.05, 3.63) is 38.0 Å². The molecule has 0 atom stereocenters. The van der Waals surface area contributed by atoms with Crippen LogP contribution in [-0.4, -0.2) is 50.8 Å². The summed E-state index contributed by atoms with van der Waals surface area (Å²) >= 11 is 0. The highest BCUT2D eigenvalue weighted by atomic mass is 31.1. The van der Waals surface area contributed by atoms with E-state index in [0.717, 1.165) is 0 Å². The molecule has 0 aliphatic heterocycles. The van der Waals surface area contributed by atoms with E-state index in [4.69, 9.17) is 0 Å². The minimum atomic E-state index is -1.29. The summed E-state index contributed by atoms with van der Waals surface area (Å²) in [5, 5.41) is 0. The predicted octanol–water partition coefficient (Wildman–Crippen LogP) is 13.8. The average Bonchev–Trinajstić information content (AvgIpc) is 2.84. The molecular formula is C35H75PSi4. The van der Waals surface area contributed by atoms with Gasteiger partial charge < -0.3 is 0 Å². The molecule has 0 unspecified atom stereocenters. The van der Waals surface area contributed by atoms with Crippen molar-refractivity contribution in [2.75, 3.05) is 18.5 Å². The van der Waals surface area contributed by atoms with Crippen LogP contribution >= 0.6 is 7.92 Å². The van der Waals surface area contributed by atoms with Gasteiger partial charge >= 0.3 is 0 Å². The highest BCUT2D eigenvalue weighted by Gasteiger charge is 2.34. The second-order valence-electron chi connectivity index (χ2n) is 15.7. The lowest BCUT2D eigenvalue weighted by Crippen LogP contribution is -2.37. The predicted molar refractivity (Wildman–Crippen MR) is 207 cm³/mol. The Morgan fingerprint density at radius 3 is 1.05 bits per heavy atom. The highest BCUT2D eigenvalue weighted by Crippen LogP contribution is 2.42. The van der Waals surface area contributed by atoms with Crippen LogP contribution in [0.4, 0.5) is 0 Å². The maximum atomic E-state index is 4.10. The molecule has 0 saturated carbocycles. The van der Waals surface area contributed by atoms with Crippen molar-refractivity contribution >= 4 is 40.2 Å². The van der Waals surface area contributed by atoms with Crippen LogP contribution in [0.2, 0.25) is 99.7 Å². The van der Waals surface area contributed by atoms with Crippen LogP contribution in [0.15, 0.2) is 38.0 Å². The maximum Gasteiger partial charge on any atom is 0.0535 e. The highest BCUT2D eigenvalue weighted by molar-refractivity contribution is 7.57. The molecule has 0 aliphatic carbocycles. The van der Waals surface area contributed by atoms with Crippen molar-refractivity contribution in [3.8, 4) is 0 Å². The molecule has 0 bridgehead atoms. The zero-order valence-corrected chi connectivity index (χ0v) is 34.0. The topological polar surface area (TPSA) is 0 Å². The van der Waals surface area contributed by atoms with E-state index in [1.807, 2.05) is 0 Å². The average molecular weight is 639 g/mol. The largest absolute Gasteiger partial charge is 0.107 e. The number of unbranched alkanes of at least 4 members (excludes halogenated alkanes) is 2. The molecule has 0 fully saturated rings. The summed E-state index contributed by atoms with van der Waals surface area (Å²) in [6.45, 7) is 32.7. The molecule has 5 heteroatoms. The number of hydrogen-bond acceptors (Lipinski definition) is 0. The molecule has 0 aromatic heterocycles. The molecule has 0 heterocycles. The van der Waals surface area contributed by atoms with Gasteiger partial charge in [-0.1, -0.05) is 152 Å². The van der Waals surface area contributed by atoms with Crippen LogP contribution < -0.4 is 0 Å². The van der Waals surface area contributed by atoms with Gasteiger partial charge in [-0.2, -0.15) is 0 Å². The molecule has 236 valence electrons. The summed E-state index contributed by atoms with van der Waals surface area (Å²) in [4.78, 5) is 0. The molecular weight excluding hydrogens is 564 g/mol. The molecule has 0 saturated heterocycles. The first-order chi connectivity index (χ1) is 18.8. The first-order valence-corrected chi connectivity index (χ1v) is 32.3. The zero-order chi connectivity index (χ0) is 30.5. The number of rotatable bonds is 28. The summed E-state index contributed by atoms with van der Waals surface area (Å²) in [5.41, 5.74) is 0. The standard InChI is InChI=1S/C35H75PSi4/c1-12-17-23-36(24-18-13-2)25-19-32-40(33-20-29-37(6,7)26-14-3,34-21-30-38(8,9)27-15-4)35-22-31-39(10,11)28-16-5/h14-16H,3-5,12-13,17-35H2,1-2,6-11H3. The van der Waals surface area contributed by atoms with Crippen molar-refractivity contribution in [2.45, 2.75) is 165 Å². The van der Waals surface area contributed by atoms with E-state index in [0.29, 0.717) is 0 Å². The molecule has 0 spiro atoms. The normalized spacial score (nSPS) is 13.1. The van der Waals surface area contributed by atoms with E-state index in [9.17, 15) is 0 Å².